The molecule has 0 N–H and O–H groups in total. The lowest BCUT2D eigenvalue weighted by Crippen LogP contribution is -2.50. The van der Waals surface area contributed by atoms with Gasteiger partial charge in [-0.15, -0.1) is 6.58 Å². The van der Waals surface area contributed by atoms with Crippen LogP contribution in [0.2, 0.25) is 0 Å². The summed E-state index contributed by atoms with van der Waals surface area (Å²) in [5.74, 6) is 1.79. The third kappa shape index (κ3) is 2.02. The summed E-state index contributed by atoms with van der Waals surface area (Å²) in [6, 6.07) is 0. The molecular weight excluding hydrogens is 240 g/mol. The first-order valence-corrected chi connectivity index (χ1v) is 8.66. The summed E-state index contributed by atoms with van der Waals surface area (Å²) in [7, 11) is 0. The topological polar surface area (TPSA) is 0 Å². The standard InChI is InChI=1S/C20H32/c1-6-19(4)13-10-16-15(14-19)8-9-17-18(2,3)11-7-12-20(16,17)5/h6,14,16-17H,1,7-13H2,2-5H3/t16-,17?,19+,20+/m1/s1. The van der Waals surface area contributed by atoms with E-state index < -0.39 is 0 Å². The van der Waals surface area contributed by atoms with Gasteiger partial charge in [-0.2, -0.15) is 0 Å². The van der Waals surface area contributed by atoms with Crippen LogP contribution in [0.3, 0.4) is 0 Å². The van der Waals surface area contributed by atoms with Crippen molar-refractivity contribution in [1.29, 1.82) is 0 Å². The van der Waals surface area contributed by atoms with E-state index >= 15 is 0 Å². The Labute approximate surface area is 125 Å². The zero-order valence-corrected chi connectivity index (χ0v) is 14.0. The van der Waals surface area contributed by atoms with Gasteiger partial charge in [0.25, 0.3) is 0 Å². The third-order valence-electron chi connectivity index (χ3n) is 7.19. The molecule has 2 saturated carbocycles. The van der Waals surface area contributed by atoms with Crippen molar-refractivity contribution in [3.63, 3.8) is 0 Å². The molecule has 0 heteroatoms. The molecule has 0 aromatic heterocycles. The second-order valence-electron chi connectivity index (χ2n) is 8.96. The first-order chi connectivity index (χ1) is 9.31. The van der Waals surface area contributed by atoms with Crippen molar-refractivity contribution in [3.8, 4) is 0 Å². The molecule has 4 atom stereocenters. The first-order valence-electron chi connectivity index (χ1n) is 8.66. The average molecular weight is 272 g/mol. The summed E-state index contributed by atoms with van der Waals surface area (Å²) < 4.78 is 0. The molecule has 0 spiro atoms. The van der Waals surface area contributed by atoms with Gasteiger partial charge in [-0.1, -0.05) is 51.8 Å². The van der Waals surface area contributed by atoms with Crippen molar-refractivity contribution in [2.75, 3.05) is 0 Å². The number of allylic oxidation sites excluding steroid dienone is 3. The lowest BCUT2D eigenvalue weighted by molar-refractivity contribution is -0.0587. The van der Waals surface area contributed by atoms with Crippen LogP contribution in [-0.4, -0.2) is 0 Å². The van der Waals surface area contributed by atoms with Gasteiger partial charge in [0.05, 0.1) is 0 Å². The molecule has 20 heavy (non-hydrogen) atoms. The minimum atomic E-state index is 0.263. The van der Waals surface area contributed by atoms with Crippen molar-refractivity contribution in [3.05, 3.63) is 24.3 Å². The van der Waals surface area contributed by atoms with E-state index in [1.165, 1.54) is 44.9 Å². The molecule has 0 aromatic carbocycles. The molecule has 0 amide bonds. The second kappa shape index (κ2) is 4.49. The summed E-state index contributed by atoms with van der Waals surface area (Å²) in [4.78, 5) is 0. The maximum Gasteiger partial charge on any atom is 0.00330 e. The van der Waals surface area contributed by atoms with Crippen LogP contribution in [0.5, 0.6) is 0 Å². The number of hydrogen-bond donors (Lipinski definition) is 0. The highest BCUT2D eigenvalue weighted by Gasteiger charge is 2.54. The van der Waals surface area contributed by atoms with Gasteiger partial charge in [0.15, 0.2) is 0 Å². The number of hydrogen-bond acceptors (Lipinski definition) is 0. The Kier molecular flexibility index (Phi) is 3.23. The van der Waals surface area contributed by atoms with E-state index in [-0.39, 0.29) is 5.41 Å². The lowest BCUT2D eigenvalue weighted by Gasteiger charge is -2.59. The molecule has 3 rings (SSSR count). The van der Waals surface area contributed by atoms with E-state index in [0.717, 1.165) is 11.8 Å². The normalized spacial score (nSPS) is 46.9. The molecule has 2 fully saturated rings. The van der Waals surface area contributed by atoms with Crippen LogP contribution in [-0.2, 0) is 0 Å². The van der Waals surface area contributed by atoms with Crippen LogP contribution in [0.4, 0.5) is 0 Å². The van der Waals surface area contributed by atoms with E-state index in [1.807, 2.05) is 0 Å². The van der Waals surface area contributed by atoms with Crippen LogP contribution in [0.25, 0.3) is 0 Å². The molecule has 0 bridgehead atoms. The van der Waals surface area contributed by atoms with Crippen LogP contribution >= 0.6 is 0 Å². The van der Waals surface area contributed by atoms with E-state index in [0.29, 0.717) is 10.8 Å². The highest BCUT2D eigenvalue weighted by atomic mass is 14.6. The molecule has 112 valence electrons. The Bertz CT molecular complexity index is 441. The van der Waals surface area contributed by atoms with Gasteiger partial charge in [-0.3, -0.25) is 0 Å². The minimum absolute atomic E-state index is 0.263. The van der Waals surface area contributed by atoms with Crippen molar-refractivity contribution in [2.24, 2.45) is 28.1 Å². The van der Waals surface area contributed by atoms with E-state index in [4.69, 9.17) is 0 Å². The zero-order chi connectivity index (χ0) is 14.6. The Morgan fingerprint density at radius 3 is 2.55 bits per heavy atom. The van der Waals surface area contributed by atoms with Crippen LogP contribution < -0.4 is 0 Å². The predicted molar refractivity (Wildman–Crippen MR) is 87.6 cm³/mol. The number of rotatable bonds is 1. The first kappa shape index (κ1) is 14.4. The summed E-state index contributed by atoms with van der Waals surface area (Å²) in [6.45, 7) is 14.1. The lowest BCUT2D eigenvalue weighted by atomic mass is 9.45. The second-order valence-corrected chi connectivity index (χ2v) is 8.96. The van der Waals surface area contributed by atoms with Gasteiger partial charge >= 0.3 is 0 Å². The van der Waals surface area contributed by atoms with E-state index in [9.17, 15) is 0 Å². The summed E-state index contributed by atoms with van der Waals surface area (Å²) in [5, 5.41) is 0. The van der Waals surface area contributed by atoms with Crippen molar-refractivity contribution < 1.29 is 0 Å². The smallest absolute Gasteiger partial charge is 0.00330 e. The van der Waals surface area contributed by atoms with Gasteiger partial charge in [0.2, 0.25) is 0 Å². The van der Waals surface area contributed by atoms with E-state index in [1.54, 1.807) is 5.57 Å². The predicted octanol–water partition coefficient (Wildman–Crippen LogP) is 6.14. The molecule has 0 radical (unpaired) electrons. The average Bonchev–Trinajstić information content (AvgIpc) is 2.37. The largest absolute Gasteiger partial charge is 0.102 e. The maximum absolute atomic E-state index is 4.07. The Hall–Kier alpha value is -0.520. The zero-order valence-electron chi connectivity index (χ0n) is 14.0. The monoisotopic (exact) mass is 272 g/mol. The molecule has 3 aliphatic carbocycles. The fraction of sp³-hybridized carbons (Fsp3) is 0.800. The van der Waals surface area contributed by atoms with Gasteiger partial charge < -0.3 is 0 Å². The molecule has 0 aromatic rings. The third-order valence-corrected chi connectivity index (χ3v) is 7.19. The van der Waals surface area contributed by atoms with Crippen molar-refractivity contribution in [2.45, 2.75) is 72.6 Å². The fourth-order valence-corrected chi connectivity index (χ4v) is 6.01. The Balaban J connectivity index is 1.97. The maximum atomic E-state index is 4.07. The Morgan fingerprint density at radius 2 is 1.85 bits per heavy atom. The quantitative estimate of drug-likeness (QED) is 0.503. The molecular formula is C20H32. The molecule has 0 heterocycles. The van der Waals surface area contributed by atoms with Crippen molar-refractivity contribution in [1.82, 2.24) is 0 Å². The number of fused-ring (bicyclic) bond motifs is 3. The summed E-state index contributed by atoms with van der Waals surface area (Å²) in [5.41, 5.74) is 3.15. The molecule has 0 aliphatic heterocycles. The van der Waals surface area contributed by atoms with Crippen molar-refractivity contribution >= 4 is 0 Å². The van der Waals surface area contributed by atoms with E-state index in [2.05, 4.69) is 46.4 Å². The van der Waals surface area contributed by atoms with Gasteiger partial charge in [0, 0.05) is 5.41 Å². The summed E-state index contributed by atoms with van der Waals surface area (Å²) >= 11 is 0. The SMILES string of the molecule is C=C[C@]1(C)C=C2CCC3C(C)(C)CCC[C@@]3(C)[C@@H]2CC1. The van der Waals surface area contributed by atoms with Crippen LogP contribution in [0.1, 0.15) is 72.6 Å². The summed E-state index contributed by atoms with van der Waals surface area (Å²) in [6.07, 6.45) is 14.5. The van der Waals surface area contributed by atoms with Crippen LogP contribution in [0.15, 0.2) is 24.3 Å². The molecule has 0 saturated heterocycles. The van der Waals surface area contributed by atoms with Crippen LogP contribution in [0, 0.1) is 28.1 Å². The van der Waals surface area contributed by atoms with Gasteiger partial charge in [-0.25, -0.2) is 0 Å². The highest BCUT2D eigenvalue weighted by molar-refractivity contribution is 5.26. The molecule has 3 aliphatic rings. The Morgan fingerprint density at radius 1 is 1.10 bits per heavy atom. The minimum Gasteiger partial charge on any atom is -0.102 e. The molecule has 0 nitrogen and oxygen atoms in total. The fourth-order valence-electron chi connectivity index (χ4n) is 6.01. The highest BCUT2D eigenvalue weighted by Crippen LogP contribution is 2.63. The van der Waals surface area contributed by atoms with Gasteiger partial charge in [-0.05, 0) is 61.2 Å². The molecule has 1 unspecified atom stereocenters. The van der Waals surface area contributed by atoms with Gasteiger partial charge in [0.1, 0.15) is 0 Å².